The number of aryl methyl sites for hydroxylation is 1. The molecule has 1 aliphatic rings. The van der Waals surface area contributed by atoms with Crippen molar-refractivity contribution in [1.82, 2.24) is 4.98 Å². The number of hydrogen-bond donors (Lipinski definition) is 1. The Kier molecular flexibility index (Phi) is 2.10. The molecule has 2 heteroatoms. The molecule has 0 aliphatic heterocycles. The minimum absolute atomic E-state index is 0.668. The van der Waals surface area contributed by atoms with Crippen LogP contribution in [0.1, 0.15) is 30.2 Å². The van der Waals surface area contributed by atoms with Gasteiger partial charge in [-0.15, -0.1) is 0 Å². The first kappa shape index (κ1) is 10.5. The number of nitrogens with zero attached hydrogens (tertiary/aromatic N) is 1. The fraction of sp³-hybridized carbons (Fsp3) is 0.267. The van der Waals surface area contributed by atoms with E-state index >= 15 is 0 Å². The maximum Gasteiger partial charge on any atom is 0.117 e. The van der Waals surface area contributed by atoms with Gasteiger partial charge < -0.3 is 5.11 Å². The Hall–Kier alpha value is -1.67. The van der Waals surface area contributed by atoms with Gasteiger partial charge in [-0.2, -0.15) is 0 Å². The van der Waals surface area contributed by atoms with Gasteiger partial charge in [0.15, 0.2) is 0 Å². The van der Waals surface area contributed by atoms with Gasteiger partial charge in [0, 0.05) is 17.5 Å². The van der Waals surface area contributed by atoms with Crippen molar-refractivity contribution in [3.8, 4) is 11.1 Å². The lowest BCUT2D eigenvalue weighted by Crippen LogP contribution is -2.23. The van der Waals surface area contributed by atoms with Crippen LogP contribution >= 0.6 is 0 Å². The lowest BCUT2D eigenvalue weighted by Gasteiger charge is -2.23. The molecule has 1 heterocycles. The second-order valence-electron chi connectivity index (χ2n) is 4.63. The lowest BCUT2D eigenvalue weighted by molar-refractivity contribution is 0.0810. The molecule has 0 spiro atoms. The number of rotatable bonds is 1. The summed E-state index contributed by atoms with van der Waals surface area (Å²) in [5.74, 6) is 0. The van der Waals surface area contributed by atoms with Crippen molar-refractivity contribution < 1.29 is 5.11 Å². The van der Waals surface area contributed by atoms with Gasteiger partial charge in [0.05, 0.1) is 0 Å². The van der Waals surface area contributed by atoms with Gasteiger partial charge in [-0.3, -0.25) is 4.98 Å². The van der Waals surface area contributed by atoms with Crippen LogP contribution in [0.4, 0.5) is 0 Å². The van der Waals surface area contributed by atoms with Crippen LogP contribution in [0.15, 0.2) is 36.5 Å². The summed E-state index contributed by atoms with van der Waals surface area (Å²) in [6.07, 6.45) is 2.48. The smallest absolute Gasteiger partial charge is 0.117 e. The molecular weight excluding hydrogens is 210 g/mol. The average molecular weight is 225 g/mol. The van der Waals surface area contributed by atoms with Crippen molar-refractivity contribution in [2.75, 3.05) is 0 Å². The van der Waals surface area contributed by atoms with Crippen LogP contribution in [-0.4, -0.2) is 10.1 Å². The zero-order valence-electron chi connectivity index (χ0n) is 10.1. The van der Waals surface area contributed by atoms with E-state index in [0.29, 0.717) is 6.42 Å². The third-order valence-electron chi connectivity index (χ3n) is 3.66. The summed E-state index contributed by atoms with van der Waals surface area (Å²) in [5, 5.41) is 10.9. The van der Waals surface area contributed by atoms with Gasteiger partial charge in [0.1, 0.15) is 5.60 Å². The SMILES string of the molecule is CCC1(O)c2ccccc2-c2cc(C)ncc21. The zero-order chi connectivity index (χ0) is 12.0. The topological polar surface area (TPSA) is 33.1 Å². The molecular formula is C15H15NO. The first-order valence-corrected chi connectivity index (χ1v) is 5.96. The molecule has 0 fully saturated rings. The molecule has 0 saturated heterocycles. The minimum Gasteiger partial charge on any atom is -0.380 e. The summed E-state index contributed by atoms with van der Waals surface area (Å²) in [6, 6.07) is 10.1. The van der Waals surface area contributed by atoms with Gasteiger partial charge in [0.2, 0.25) is 0 Å². The summed E-state index contributed by atoms with van der Waals surface area (Å²) >= 11 is 0. The monoisotopic (exact) mass is 225 g/mol. The Morgan fingerprint density at radius 3 is 2.71 bits per heavy atom. The second-order valence-corrected chi connectivity index (χ2v) is 4.63. The summed E-state index contributed by atoms with van der Waals surface area (Å²) in [6.45, 7) is 3.98. The normalized spacial score (nSPS) is 21.1. The van der Waals surface area contributed by atoms with Crippen LogP contribution in [0.2, 0.25) is 0 Å². The van der Waals surface area contributed by atoms with Crippen LogP contribution in [0.25, 0.3) is 11.1 Å². The highest BCUT2D eigenvalue weighted by Crippen LogP contribution is 2.48. The van der Waals surface area contributed by atoms with Gasteiger partial charge in [-0.1, -0.05) is 31.2 Å². The molecule has 1 atom stereocenters. The maximum absolute atomic E-state index is 10.9. The highest BCUT2D eigenvalue weighted by Gasteiger charge is 2.40. The molecule has 3 rings (SSSR count). The van der Waals surface area contributed by atoms with E-state index in [-0.39, 0.29) is 0 Å². The molecule has 1 aliphatic carbocycles. The van der Waals surface area contributed by atoms with Crippen molar-refractivity contribution in [3.63, 3.8) is 0 Å². The van der Waals surface area contributed by atoms with E-state index in [1.54, 1.807) is 0 Å². The van der Waals surface area contributed by atoms with Crippen LogP contribution in [-0.2, 0) is 5.60 Å². The van der Waals surface area contributed by atoms with Crippen molar-refractivity contribution in [3.05, 3.63) is 53.3 Å². The van der Waals surface area contributed by atoms with Crippen LogP contribution in [0, 0.1) is 6.92 Å². The second kappa shape index (κ2) is 3.41. The highest BCUT2D eigenvalue weighted by molar-refractivity contribution is 5.79. The quantitative estimate of drug-likeness (QED) is 0.809. The first-order chi connectivity index (χ1) is 8.16. The Morgan fingerprint density at radius 2 is 1.94 bits per heavy atom. The summed E-state index contributed by atoms with van der Waals surface area (Å²) in [7, 11) is 0. The Morgan fingerprint density at radius 1 is 1.18 bits per heavy atom. The fourth-order valence-corrected chi connectivity index (χ4v) is 2.72. The van der Waals surface area contributed by atoms with Crippen molar-refractivity contribution in [2.24, 2.45) is 0 Å². The molecule has 1 unspecified atom stereocenters. The molecule has 1 aromatic heterocycles. The van der Waals surface area contributed by atoms with E-state index in [2.05, 4.69) is 17.1 Å². The van der Waals surface area contributed by atoms with E-state index in [9.17, 15) is 5.11 Å². The van der Waals surface area contributed by atoms with E-state index in [0.717, 1.165) is 27.9 Å². The van der Waals surface area contributed by atoms with Crippen LogP contribution in [0.3, 0.4) is 0 Å². The number of benzene rings is 1. The fourth-order valence-electron chi connectivity index (χ4n) is 2.72. The van der Waals surface area contributed by atoms with Crippen molar-refractivity contribution in [2.45, 2.75) is 25.9 Å². The van der Waals surface area contributed by atoms with Gasteiger partial charge >= 0.3 is 0 Å². The summed E-state index contributed by atoms with van der Waals surface area (Å²) in [4.78, 5) is 4.32. The Labute approximate surface area is 101 Å². The maximum atomic E-state index is 10.9. The lowest BCUT2D eigenvalue weighted by atomic mass is 9.90. The molecule has 0 radical (unpaired) electrons. The van der Waals surface area contributed by atoms with Crippen molar-refractivity contribution in [1.29, 1.82) is 0 Å². The van der Waals surface area contributed by atoms with E-state index < -0.39 is 5.60 Å². The van der Waals surface area contributed by atoms with E-state index in [1.807, 2.05) is 38.2 Å². The summed E-state index contributed by atoms with van der Waals surface area (Å²) < 4.78 is 0. The molecule has 0 saturated carbocycles. The number of pyridine rings is 1. The number of hydrogen-bond acceptors (Lipinski definition) is 2. The molecule has 0 bridgehead atoms. The molecule has 1 N–H and O–H groups in total. The van der Waals surface area contributed by atoms with Gasteiger partial charge in [0.25, 0.3) is 0 Å². The summed E-state index contributed by atoms with van der Waals surface area (Å²) in [5.41, 5.74) is 4.32. The van der Waals surface area contributed by atoms with Crippen LogP contribution in [0.5, 0.6) is 0 Å². The first-order valence-electron chi connectivity index (χ1n) is 5.96. The van der Waals surface area contributed by atoms with E-state index in [4.69, 9.17) is 0 Å². The number of aliphatic hydroxyl groups is 1. The number of aromatic nitrogens is 1. The van der Waals surface area contributed by atoms with E-state index in [1.165, 1.54) is 0 Å². The molecule has 0 amide bonds. The number of fused-ring (bicyclic) bond motifs is 3. The Bertz CT molecular complexity index is 591. The highest BCUT2D eigenvalue weighted by atomic mass is 16.3. The predicted octanol–water partition coefficient (Wildman–Crippen LogP) is 3.02. The molecule has 17 heavy (non-hydrogen) atoms. The average Bonchev–Trinajstić information content (AvgIpc) is 2.61. The third kappa shape index (κ3) is 1.28. The third-order valence-corrected chi connectivity index (χ3v) is 3.66. The molecule has 2 nitrogen and oxygen atoms in total. The van der Waals surface area contributed by atoms with Crippen LogP contribution < -0.4 is 0 Å². The molecule has 1 aromatic carbocycles. The van der Waals surface area contributed by atoms with Gasteiger partial charge in [-0.05, 0) is 36.1 Å². The Balaban J connectivity index is 2.38. The largest absolute Gasteiger partial charge is 0.380 e. The molecule has 2 aromatic rings. The predicted molar refractivity (Wildman–Crippen MR) is 67.7 cm³/mol. The van der Waals surface area contributed by atoms with Crippen molar-refractivity contribution >= 4 is 0 Å². The van der Waals surface area contributed by atoms with Gasteiger partial charge in [-0.25, -0.2) is 0 Å². The standard InChI is InChI=1S/C15H15NO/c1-3-15(17)13-7-5-4-6-11(13)12-8-10(2)16-9-14(12)15/h4-9,17H,3H2,1-2H3. The molecule has 86 valence electrons. The minimum atomic E-state index is -0.868. The zero-order valence-corrected chi connectivity index (χ0v) is 10.1.